The number of nitrogens with zero attached hydrogens (tertiary/aromatic N) is 2. The predicted octanol–water partition coefficient (Wildman–Crippen LogP) is 1.06. The topological polar surface area (TPSA) is 89.9 Å². The maximum absolute atomic E-state index is 7.92. The lowest BCUT2D eigenvalue weighted by molar-refractivity contribution is 0.646. The van der Waals surface area contributed by atoms with E-state index in [1.165, 1.54) is 0 Å². The monoisotopic (exact) mass is 203 g/mol. The van der Waals surface area contributed by atoms with E-state index in [4.69, 9.17) is 16.6 Å². The third-order valence-corrected chi connectivity index (χ3v) is 2.40. The first-order chi connectivity index (χ1) is 7.18. The summed E-state index contributed by atoms with van der Waals surface area (Å²) in [5.74, 6) is 1.16. The van der Waals surface area contributed by atoms with E-state index in [2.05, 4.69) is 4.98 Å². The fraction of sp³-hybridized carbons (Fsp3) is 0.300. The molecule has 0 aromatic carbocycles. The number of aromatic nitrogens is 1. The minimum Gasteiger partial charge on any atom is -0.384 e. The third-order valence-electron chi connectivity index (χ3n) is 2.40. The summed E-state index contributed by atoms with van der Waals surface area (Å²) in [5.41, 5.74) is 6.08. The highest BCUT2D eigenvalue weighted by atomic mass is 15.2. The Morgan fingerprint density at radius 3 is 2.87 bits per heavy atom. The Hall–Kier alpha value is -1.91. The average molecular weight is 203 g/mol. The number of nitrogens with two attached hydrogens (primary N) is 1. The maximum atomic E-state index is 7.92. The largest absolute Gasteiger partial charge is 0.384 e. The van der Waals surface area contributed by atoms with E-state index in [0.717, 1.165) is 19.4 Å². The highest BCUT2D eigenvalue weighted by Gasteiger charge is 2.22. The molecule has 0 aliphatic carbocycles. The van der Waals surface area contributed by atoms with E-state index < -0.39 is 0 Å². The molecule has 0 spiro atoms. The van der Waals surface area contributed by atoms with Crippen LogP contribution in [0.5, 0.6) is 0 Å². The first kappa shape index (κ1) is 9.64. The number of rotatable bonds is 1. The number of hydrogen-bond acceptors (Lipinski definition) is 4. The normalized spacial score (nSPS) is 15.7. The van der Waals surface area contributed by atoms with Crippen LogP contribution in [0, 0.1) is 10.8 Å². The molecule has 1 saturated heterocycles. The molecule has 5 nitrogen and oxygen atoms in total. The van der Waals surface area contributed by atoms with Gasteiger partial charge in [0, 0.05) is 13.0 Å². The summed E-state index contributed by atoms with van der Waals surface area (Å²) in [5, 5.41) is 15.6. The van der Waals surface area contributed by atoms with Crippen LogP contribution in [0.3, 0.4) is 0 Å². The van der Waals surface area contributed by atoms with Gasteiger partial charge in [-0.15, -0.1) is 0 Å². The summed E-state index contributed by atoms with van der Waals surface area (Å²) in [6, 6.07) is 5.20. The minimum atomic E-state index is 0.268. The van der Waals surface area contributed by atoms with Crippen molar-refractivity contribution in [2.45, 2.75) is 12.8 Å². The summed E-state index contributed by atoms with van der Waals surface area (Å²) < 4.78 is 0. The Labute approximate surface area is 87.9 Å². The molecule has 0 atom stereocenters. The lowest BCUT2D eigenvalue weighted by Crippen LogP contribution is -2.32. The van der Waals surface area contributed by atoms with Crippen LogP contribution in [0.4, 0.5) is 5.82 Å². The predicted molar refractivity (Wildman–Crippen MR) is 59.1 cm³/mol. The Balaban J connectivity index is 2.24. The van der Waals surface area contributed by atoms with Gasteiger partial charge in [0.05, 0.1) is 0 Å². The summed E-state index contributed by atoms with van der Waals surface area (Å²) >= 11 is 0. The van der Waals surface area contributed by atoms with Gasteiger partial charge in [0.15, 0.2) is 5.84 Å². The van der Waals surface area contributed by atoms with Crippen LogP contribution in [-0.2, 0) is 0 Å². The molecular formula is C10H13N5. The van der Waals surface area contributed by atoms with Gasteiger partial charge in [-0.25, -0.2) is 4.98 Å². The van der Waals surface area contributed by atoms with Crippen LogP contribution in [-0.4, -0.2) is 28.1 Å². The summed E-state index contributed by atoms with van der Waals surface area (Å²) in [4.78, 5) is 5.74. The van der Waals surface area contributed by atoms with E-state index in [0.29, 0.717) is 17.3 Å². The molecular weight excluding hydrogens is 190 g/mol. The smallest absolute Gasteiger partial charge is 0.152 e. The van der Waals surface area contributed by atoms with Crippen molar-refractivity contribution in [2.75, 3.05) is 12.3 Å². The van der Waals surface area contributed by atoms with Crippen molar-refractivity contribution < 1.29 is 0 Å². The van der Waals surface area contributed by atoms with Gasteiger partial charge in [-0.05, 0) is 18.6 Å². The molecule has 0 amide bonds. The van der Waals surface area contributed by atoms with Gasteiger partial charge in [0.25, 0.3) is 0 Å². The van der Waals surface area contributed by atoms with Crippen LogP contribution < -0.4 is 5.73 Å². The van der Waals surface area contributed by atoms with Gasteiger partial charge < -0.3 is 10.6 Å². The van der Waals surface area contributed by atoms with Crippen LogP contribution >= 0.6 is 0 Å². The van der Waals surface area contributed by atoms with Gasteiger partial charge in [0.1, 0.15) is 17.3 Å². The average Bonchev–Trinajstić information content (AvgIpc) is 2.63. The summed E-state index contributed by atoms with van der Waals surface area (Å²) in [6.07, 6.45) is 1.67. The Morgan fingerprint density at radius 2 is 2.27 bits per heavy atom. The van der Waals surface area contributed by atoms with E-state index in [-0.39, 0.29) is 5.84 Å². The molecule has 15 heavy (non-hydrogen) atoms. The highest BCUT2D eigenvalue weighted by Crippen LogP contribution is 2.13. The van der Waals surface area contributed by atoms with Gasteiger partial charge in [-0.1, -0.05) is 6.07 Å². The first-order valence-corrected chi connectivity index (χ1v) is 4.85. The first-order valence-electron chi connectivity index (χ1n) is 4.85. The molecule has 1 aromatic rings. The second-order valence-corrected chi connectivity index (χ2v) is 3.50. The lowest BCUT2D eigenvalue weighted by atomic mass is 10.3. The van der Waals surface area contributed by atoms with Crippen LogP contribution in [0.1, 0.15) is 18.5 Å². The second-order valence-electron chi connectivity index (χ2n) is 3.50. The maximum Gasteiger partial charge on any atom is 0.152 e. The van der Waals surface area contributed by atoms with E-state index >= 15 is 0 Å². The molecule has 2 heterocycles. The SMILES string of the molecule is N=C1CCCN1C(=N)c1cccc(N)n1. The number of likely N-dealkylation sites (tertiary alicyclic amines) is 1. The van der Waals surface area contributed by atoms with Crippen molar-refractivity contribution in [1.82, 2.24) is 9.88 Å². The minimum absolute atomic E-state index is 0.268. The number of nitrogens with one attached hydrogen (secondary N) is 2. The molecule has 2 rings (SSSR count). The molecule has 78 valence electrons. The molecule has 1 aromatic heterocycles. The quantitative estimate of drug-likeness (QED) is 0.471. The number of nitrogen functional groups attached to an aromatic ring is 1. The number of pyridine rings is 1. The molecule has 1 aliphatic rings. The van der Waals surface area contributed by atoms with Crippen molar-refractivity contribution in [3.63, 3.8) is 0 Å². The van der Waals surface area contributed by atoms with E-state index in [1.54, 1.807) is 23.1 Å². The summed E-state index contributed by atoms with van der Waals surface area (Å²) in [6.45, 7) is 0.730. The van der Waals surface area contributed by atoms with Crippen LogP contribution in [0.15, 0.2) is 18.2 Å². The standard InChI is InChI=1S/C10H13N5/c11-8-4-1-3-7(14-8)10(13)15-6-2-5-9(15)12/h1,3-4,12-13H,2,5-6H2,(H2,11,14). The third kappa shape index (κ3) is 1.81. The van der Waals surface area contributed by atoms with E-state index in [9.17, 15) is 0 Å². The zero-order valence-electron chi connectivity index (χ0n) is 8.33. The van der Waals surface area contributed by atoms with Crippen LogP contribution in [0.25, 0.3) is 0 Å². The van der Waals surface area contributed by atoms with Gasteiger partial charge >= 0.3 is 0 Å². The van der Waals surface area contributed by atoms with Crippen LogP contribution in [0.2, 0.25) is 0 Å². The Kier molecular flexibility index (Phi) is 2.37. The Morgan fingerprint density at radius 1 is 1.47 bits per heavy atom. The molecule has 1 aliphatic heterocycles. The fourth-order valence-corrected chi connectivity index (χ4v) is 1.64. The number of anilines is 1. The molecule has 0 saturated carbocycles. The van der Waals surface area contributed by atoms with Gasteiger partial charge in [-0.3, -0.25) is 10.8 Å². The van der Waals surface area contributed by atoms with Crippen molar-refractivity contribution in [2.24, 2.45) is 0 Å². The summed E-state index contributed by atoms with van der Waals surface area (Å²) in [7, 11) is 0. The molecule has 5 heteroatoms. The molecule has 1 fully saturated rings. The number of hydrogen-bond donors (Lipinski definition) is 3. The molecule has 0 unspecified atom stereocenters. The number of amidine groups is 2. The Bertz CT molecular complexity index is 412. The molecule has 4 N–H and O–H groups in total. The van der Waals surface area contributed by atoms with E-state index in [1.807, 2.05) is 0 Å². The zero-order chi connectivity index (χ0) is 10.8. The lowest BCUT2D eigenvalue weighted by Gasteiger charge is -2.17. The van der Waals surface area contributed by atoms with Crippen molar-refractivity contribution in [1.29, 1.82) is 10.8 Å². The molecule has 0 bridgehead atoms. The second kappa shape index (κ2) is 3.68. The highest BCUT2D eigenvalue weighted by molar-refractivity contribution is 6.06. The fourth-order valence-electron chi connectivity index (χ4n) is 1.64. The molecule has 0 radical (unpaired) electrons. The van der Waals surface area contributed by atoms with Gasteiger partial charge in [0.2, 0.25) is 0 Å². The van der Waals surface area contributed by atoms with Crippen molar-refractivity contribution in [3.05, 3.63) is 23.9 Å². The van der Waals surface area contributed by atoms with Crippen molar-refractivity contribution >= 4 is 17.5 Å². The zero-order valence-corrected chi connectivity index (χ0v) is 8.33. The van der Waals surface area contributed by atoms with Gasteiger partial charge in [-0.2, -0.15) is 0 Å². The van der Waals surface area contributed by atoms with Crippen molar-refractivity contribution in [3.8, 4) is 0 Å².